The van der Waals surface area contributed by atoms with Crippen LogP contribution in [0.2, 0.25) is 0 Å². The first-order valence-corrected chi connectivity index (χ1v) is 5.76. The summed E-state index contributed by atoms with van der Waals surface area (Å²) in [5.41, 5.74) is 1.48. The Labute approximate surface area is 104 Å². The summed E-state index contributed by atoms with van der Waals surface area (Å²) in [6.45, 7) is 0. The van der Waals surface area contributed by atoms with Crippen molar-refractivity contribution in [2.24, 2.45) is 0 Å². The van der Waals surface area contributed by atoms with Gasteiger partial charge in [0.2, 0.25) is 0 Å². The molecule has 2 nitrogen and oxygen atoms in total. The Balaban J connectivity index is 1.75. The number of rotatable bonds is 3. The average molecular weight is 242 g/mol. The molecule has 90 valence electrons. The predicted molar refractivity (Wildman–Crippen MR) is 64.8 cm³/mol. The normalized spacial score (nSPS) is 21.6. The zero-order valence-electron chi connectivity index (χ0n) is 9.55. The predicted octanol–water partition coefficient (Wildman–Crippen LogP) is 3.15. The van der Waals surface area contributed by atoms with E-state index in [2.05, 4.69) is 0 Å². The molecule has 0 amide bonds. The van der Waals surface area contributed by atoms with Crippen LogP contribution in [0.3, 0.4) is 0 Å². The van der Waals surface area contributed by atoms with Gasteiger partial charge in [-0.2, -0.15) is 0 Å². The van der Waals surface area contributed by atoms with Crippen molar-refractivity contribution in [3.8, 4) is 0 Å². The van der Waals surface area contributed by atoms with E-state index in [-0.39, 0.29) is 17.7 Å². The maximum atomic E-state index is 12.8. The monoisotopic (exact) mass is 242 g/mol. The van der Waals surface area contributed by atoms with Gasteiger partial charge in [0.25, 0.3) is 0 Å². The number of hydrogen-bond donors (Lipinski definition) is 0. The lowest BCUT2D eigenvalue weighted by atomic mass is 10.0. The Morgan fingerprint density at radius 2 is 1.67 bits per heavy atom. The lowest BCUT2D eigenvalue weighted by Gasteiger charge is -1.97. The van der Waals surface area contributed by atoms with Gasteiger partial charge in [0.15, 0.2) is 11.9 Å². The number of ketones is 1. The fourth-order valence-corrected chi connectivity index (χ4v) is 1.99. The molecule has 2 atom stereocenters. The van der Waals surface area contributed by atoms with Gasteiger partial charge in [-0.1, -0.05) is 30.3 Å². The molecule has 0 unspecified atom stereocenters. The summed E-state index contributed by atoms with van der Waals surface area (Å²) in [5.74, 6) is -0.438. The van der Waals surface area contributed by atoms with Gasteiger partial charge in [-0.25, -0.2) is 4.39 Å². The molecule has 1 saturated heterocycles. The molecule has 0 aliphatic carbocycles. The van der Waals surface area contributed by atoms with Crippen molar-refractivity contribution in [1.82, 2.24) is 0 Å². The fraction of sp³-hybridized carbons (Fsp3) is 0.133. The van der Waals surface area contributed by atoms with E-state index in [9.17, 15) is 9.18 Å². The van der Waals surface area contributed by atoms with E-state index in [1.165, 1.54) is 24.3 Å². The Hall–Kier alpha value is -2.00. The number of epoxide rings is 1. The van der Waals surface area contributed by atoms with Crippen molar-refractivity contribution in [3.63, 3.8) is 0 Å². The van der Waals surface area contributed by atoms with E-state index in [1.54, 1.807) is 0 Å². The van der Waals surface area contributed by atoms with Crippen LogP contribution in [0.1, 0.15) is 22.0 Å². The van der Waals surface area contributed by atoms with Crippen LogP contribution >= 0.6 is 0 Å². The van der Waals surface area contributed by atoms with Crippen LogP contribution < -0.4 is 0 Å². The lowest BCUT2D eigenvalue weighted by molar-refractivity contribution is 0.0953. The van der Waals surface area contributed by atoms with Gasteiger partial charge in [0, 0.05) is 5.56 Å². The quantitative estimate of drug-likeness (QED) is 0.611. The van der Waals surface area contributed by atoms with Gasteiger partial charge in [0.1, 0.15) is 11.9 Å². The first-order valence-electron chi connectivity index (χ1n) is 5.76. The SMILES string of the molecule is O=C(c1ccc(F)cc1)[C@@H]1O[C@H]1c1ccccc1. The minimum absolute atomic E-state index is 0.0937. The minimum Gasteiger partial charge on any atom is -0.356 e. The Bertz CT molecular complexity index is 563. The highest BCUT2D eigenvalue weighted by atomic mass is 19.1. The minimum atomic E-state index is -0.433. The maximum Gasteiger partial charge on any atom is 0.194 e. The van der Waals surface area contributed by atoms with Crippen LogP contribution in [0.4, 0.5) is 4.39 Å². The molecule has 0 N–H and O–H groups in total. The molecule has 1 fully saturated rings. The van der Waals surface area contributed by atoms with Gasteiger partial charge in [-0.3, -0.25) is 4.79 Å². The topological polar surface area (TPSA) is 29.6 Å². The molecule has 1 heterocycles. The summed E-state index contributed by atoms with van der Waals surface area (Å²) < 4.78 is 18.2. The van der Waals surface area contributed by atoms with Crippen molar-refractivity contribution in [1.29, 1.82) is 0 Å². The van der Waals surface area contributed by atoms with E-state index in [0.29, 0.717) is 5.56 Å². The zero-order valence-corrected chi connectivity index (χ0v) is 9.55. The van der Waals surface area contributed by atoms with Gasteiger partial charge in [-0.15, -0.1) is 0 Å². The number of Topliss-reactive ketones (excluding diaryl/α,β-unsaturated/α-hetero) is 1. The second-order valence-electron chi connectivity index (χ2n) is 4.26. The zero-order chi connectivity index (χ0) is 12.5. The van der Waals surface area contributed by atoms with Crippen LogP contribution in [0.5, 0.6) is 0 Å². The third-order valence-corrected chi connectivity index (χ3v) is 3.01. The number of halogens is 1. The maximum absolute atomic E-state index is 12.8. The molecule has 2 aromatic rings. The number of ether oxygens (including phenoxy) is 1. The van der Waals surface area contributed by atoms with E-state index >= 15 is 0 Å². The molecule has 1 aliphatic heterocycles. The van der Waals surface area contributed by atoms with Crippen molar-refractivity contribution in [3.05, 3.63) is 71.5 Å². The molecule has 2 aromatic carbocycles. The molecule has 0 spiro atoms. The van der Waals surface area contributed by atoms with Crippen molar-refractivity contribution in [2.75, 3.05) is 0 Å². The molecular formula is C15H11FO2. The second-order valence-corrected chi connectivity index (χ2v) is 4.26. The molecule has 1 aliphatic rings. The molecule has 18 heavy (non-hydrogen) atoms. The molecule has 0 radical (unpaired) electrons. The highest BCUT2D eigenvalue weighted by Gasteiger charge is 2.45. The molecule has 0 bridgehead atoms. The number of benzene rings is 2. The summed E-state index contributed by atoms with van der Waals surface area (Å²) in [5, 5.41) is 0. The third kappa shape index (κ3) is 2.05. The van der Waals surface area contributed by atoms with Crippen molar-refractivity contribution in [2.45, 2.75) is 12.2 Å². The average Bonchev–Trinajstić information content (AvgIpc) is 3.20. The van der Waals surface area contributed by atoms with E-state index in [0.717, 1.165) is 5.56 Å². The van der Waals surface area contributed by atoms with Gasteiger partial charge in [0.05, 0.1) is 0 Å². The standard InChI is InChI=1S/C15H11FO2/c16-12-8-6-10(7-9-12)13(17)15-14(18-15)11-4-2-1-3-5-11/h1-9,14-15H/t14-,15-/m0/s1. The first-order chi connectivity index (χ1) is 8.75. The van der Waals surface area contributed by atoms with Crippen molar-refractivity contribution < 1.29 is 13.9 Å². The van der Waals surface area contributed by atoms with Crippen LogP contribution in [-0.2, 0) is 4.74 Å². The Morgan fingerprint density at radius 1 is 1.00 bits per heavy atom. The molecule has 0 saturated carbocycles. The highest BCUT2D eigenvalue weighted by Crippen LogP contribution is 2.40. The van der Waals surface area contributed by atoms with Crippen molar-refractivity contribution >= 4 is 5.78 Å². The summed E-state index contributed by atoms with van der Waals surface area (Å²) >= 11 is 0. The van der Waals surface area contributed by atoms with E-state index in [4.69, 9.17) is 4.74 Å². The van der Waals surface area contributed by atoms with E-state index in [1.807, 2.05) is 30.3 Å². The van der Waals surface area contributed by atoms with Crippen LogP contribution in [0.15, 0.2) is 54.6 Å². The molecule has 3 heteroatoms. The number of carbonyl (C=O) groups excluding carboxylic acids is 1. The summed E-state index contributed by atoms with van der Waals surface area (Å²) in [6, 6.07) is 15.2. The lowest BCUT2D eigenvalue weighted by Crippen LogP contribution is -2.08. The molecule has 0 aromatic heterocycles. The molecular weight excluding hydrogens is 231 g/mol. The van der Waals surface area contributed by atoms with Crippen LogP contribution in [0.25, 0.3) is 0 Å². The van der Waals surface area contributed by atoms with Gasteiger partial charge >= 0.3 is 0 Å². The van der Waals surface area contributed by atoms with Crippen LogP contribution in [0, 0.1) is 5.82 Å². The highest BCUT2D eigenvalue weighted by molar-refractivity contribution is 6.01. The summed E-state index contributed by atoms with van der Waals surface area (Å²) in [6.07, 6.45) is -0.596. The van der Waals surface area contributed by atoms with Gasteiger partial charge in [-0.05, 0) is 29.8 Å². The summed E-state index contributed by atoms with van der Waals surface area (Å²) in [7, 11) is 0. The largest absolute Gasteiger partial charge is 0.356 e. The van der Waals surface area contributed by atoms with Crippen LogP contribution in [-0.4, -0.2) is 11.9 Å². The molecule has 3 rings (SSSR count). The van der Waals surface area contributed by atoms with Gasteiger partial charge < -0.3 is 4.74 Å². The second kappa shape index (κ2) is 4.35. The Kier molecular flexibility index (Phi) is 2.68. The Morgan fingerprint density at radius 3 is 2.33 bits per heavy atom. The van der Waals surface area contributed by atoms with E-state index < -0.39 is 6.10 Å². The number of carbonyl (C=O) groups is 1. The number of hydrogen-bond acceptors (Lipinski definition) is 2. The first kappa shape index (κ1) is 11.1. The smallest absolute Gasteiger partial charge is 0.194 e. The fourth-order valence-electron chi connectivity index (χ4n) is 1.99. The third-order valence-electron chi connectivity index (χ3n) is 3.01. The summed E-state index contributed by atoms with van der Waals surface area (Å²) in [4.78, 5) is 12.1.